The Bertz CT molecular complexity index is 1320. The molecule has 2 atom stereocenters. The van der Waals surface area contributed by atoms with Crippen molar-refractivity contribution in [2.45, 2.75) is 34.7 Å². The molecular weight excluding hydrogens is 476 g/mol. The predicted octanol–water partition coefficient (Wildman–Crippen LogP) is 4.02. The van der Waals surface area contributed by atoms with Crippen molar-refractivity contribution in [3.05, 3.63) is 59.6 Å². The van der Waals surface area contributed by atoms with Crippen LogP contribution in [-0.2, 0) is 26.4 Å². The molecule has 1 unspecified atom stereocenters. The van der Waals surface area contributed by atoms with Crippen molar-refractivity contribution >= 4 is 27.3 Å². The number of alkyl halides is 3. The molecule has 0 spiro atoms. The van der Waals surface area contributed by atoms with Crippen molar-refractivity contribution in [2.75, 3.05) is 0 Å². The fraction of sp³-hybridized carbons (Fsp3) is 0.263. The second kappa shape index (κ2) is 7.12. The molecule has 1 saturated carbocycles. The Morgan fingerprint density at radius 1 is 1.25 bits per heavy atom. The number of nitrogens with zero attached hydrogens (tertiary/aromatic N) is 1. The van der Waals surface area contributed by atoms with Gasteiger partial charge in [0.15, 0.2) is 0 Å². The van der Waals surface area contributed by atoms with Gasteiger partial charge in [-0.3, -0.25) is 4.79 Å². The summed E-state index contributed by atoms with van der Waals surface area (Å²) in [7, 11) is -4.39. The van der Waals surface area contributed by atoms with Gasteiger partial charge in [0, 0.05) is 11.5 Å². The minimum Gasteiger partial charge on any atom is -0.480 e. The summed E-state index contributed by atoms with van der Waals surface area (Å²) in [6, 6.07) is 8.23. The molecule has 1 aliphatic rings. The lowest BCUT2D eigenvalue weighted by Gasteiger charge is -2.20. The third-order valence-electron chi connectivity index (χ3n) is 5.46. The standard InChI is InChI=1S/C19H14F4N2O5S2/c1-17(10-3-2-4-11(20)7-10)9-18(17,16(26)27)25-32(28,29)15-6-5-13(31-15)12-8-14(30-24-12)19(21,22)23/h2-8,25H,9H2,1H3,(H,26,27)/t17-,18?/m0/s1. The van der Waals surface area contributed by atoms with Crippen LogP contribution in [0.3, 0.4) is 0 Å². The van der Waals surface area contributed by atoms with Gasteiger partial charge in [-0.05, 0) is 36.2 Å². The number of hydrogen-bond acceptors (Lipinski definition) is 6. The summed E-state index contributed by atoms with van der Waals surface area (Å²) in [4.78, 5) is 12.1. The van der Waals surface area contributed by atoms with Gasteiger partial charge in [0.2, 0.25) is 5.76 Å². The van der Waals surface area contributed by atoms with E-state index in [-0.39, 0.29) is 21.2 Å². The number of carboxylic acids is 1. The molecule has 2 aromatic heterocycles. The summed E-state index contributed by atoms with van der Waals surface area (Å²) in [6.07, 6.45) is -4.87. The van der Waals surface area contributed by atoms with Crippen LogP contribution < -0.4 is 4.72 Å². The summed E-state index contributed by atoms with van der Waals surface area (Å²) in [6.45, 7) is 1.51. The minimum absolute atomic E-state index is 0.0812. The van der Waals surface area contributed by atoms with Crippen molar-refractivity contribution in [3.8, 4) is 10.6 Å². The van der Waals surface area contributed by atoms with E-state index in [0.29, 0.717) is 23.0 Å². The molecule has 2 heterocycles. The van der Waals surface area contributed by atoms with Gasteiger partial charge in [0.25, 0.3) is 10.0 Å². The molecule has 0 aliphatic heterocycles. The number of sulfonamides is 1. The molecule has 0 radical (unpaired) electrons. The molecule has 0 bridgehead atoms. The van der Waals surface area contributed by atoms with Crippen molar-refractivity contribution in [2.24, 2.45) is 0 Å². The first-order valence-electron chi connectivity index (χ1n) is 8.96. The molecule has 3 aromatic rings. The lowest BCUT2D eigenvalue weighted by molar-refractivity contribution is -0.155. The van der Waals surface area contributed by atoms with Crippen LogP contribution in [0.5, 0.6) is 0 Å². The van der Waals surface area contributed by atoms with Crippen LogP contribution in [-0.4, -0.2) is 30.2 Å². The molecule has 13 heteroatoms. The van der Waals surface area contributed by atoms with Crippen molar-refractivity contribution in [3.63, 3.8) is 0 Å². The normalized spacial score (nSPS) is 23.3. The topological polar surface area (TPSA) is 110 Å². The first kappa shape index (κ1) is 22.4. The summed E-state index contributed by atoms with van der Waals surface area (Å²) in [5, 5.41) is 13.1. The number of aliphatic carboxylic acids is 1. The van der Waals surface area contributed by atoms with Crippen LogP contribution in [0.2, 0.25) is 0 Å². The van der Waals surface area contributed by atoms with E-state index in [2.05, 4.69) is 14.4 Å². The monoisotopic (exact) mass is 490 g/mol. The van der Waals surface area contributed by atoms with Gasteiger partial charge in [-0.15, -0.1) is 11.3 Å². The van der Waals surface area contributed by atoms with Gasteiger partial charge < -0.3 is 9.63 Å². The molecule has 32 heavy (non-hydrogen) atoms. The zero-order chi connectivity index (χ0) is 23.5. The molecule has 4 rings (SSSR count). The first-order chi connectivity index (χ1) is 14.8. The van der Waals surface area contributed by atoms with E-state index < -0.39 is 44.7 Å². The molecular formula is C19H14F4N2O5S2. The van der Waals surface area contributed by atoms with Gasteiger partial charge in [-0.2, -0.15) is 17.9 Å². The highest BCUT2D eigenvalue weighted by molar-refractivity contribution is 7.91. The van der Waals surface area contributed by atoms with Crippen LogP contribution in [0.15, 0.2) is 51.2 Å². The van der Waals surface area contributed by atoms with Gasteiger partial charge >= 0.3 is 12.1 Å². The third-order valence-corrected chi connectivity index (χ3v) is 8.55. The van der Waals surface area contributed by atoms with Gasteiger partial charge in [0.1, 0.15) is 21.3 Å². The molecule has 2 N–H and O–H groups in total. The van der Waals surface area contributed by atoms with E-state index in [9.17, 15) is 35.9 Å². The Balaban J connectivity index is 1.63. The maximum Gasteiger partial charge on any atom is 0.452 e. The Kier molecular flexibility index (Phi) is 4.99. The average Bonchev–Trinajstić information content (AvgIpc) is 3.12. The predicted molar refractivity (Wildman–Crippen MR) is 104 cm³/mol. The maximum atomic E-state index is 13.7. The summed E-state index contributed by atoms with van der Waals surface area (Å²) in [5.41, 5.74) is -3.02. The minimum atomic E-state index is -4.75. The molecule has 7 nitrogen and oxygen atoms in total. The van der Waals surface area contributed by atoms with E-state index in [1.54, 1.807) is 0 Å². The quantitative estimate of drug-likeness (QED) is 0.505. The number of halogens is 4. The maximum absolute atomic E-state index is 13.7. The lowest BCUT2D eigenvalue weighted by atomic mass is 9.93. The SMILES string of the molecule is C[C@@]1(c2cccc(F)c2)CC1(NS(=O)(=O)c1ccc(-c2cc(C(F)(F)F)on2)s1)C(=O)O. The Morgan fingerprint density at radius 3 is 2.56 bits per heavy atom. The second-order valence-electron chi connectivity index (χ2n) is 7.53. The number of carbonyl (C=O) groups is 1. The zero-order valence-electron chi connectivity index (χ0n) is 16.1. The van der Waals surface area contributed by atoms with E-state index in [0.717, 1.165) is 12.1 Å². The van der Waals surface area contributed by atoms with Crippen LogP contribution >= 0.6 is 11.3 Å². The molecule has 1 aliphatic carbocycles. The largest absolute Gasteiger partial charge is 0.480 e. The lowest BCUT2D eigenvalue weighted by Crippen LogP contribution is -2.47. The van der Waals surface area contributed by atoms with E-state index in [1.807, 2.05) is 0 Å². The summed E-state index contributed by atoms with van der Waals surface area (Å²) < 4.78 is 83.7. The molecule has 170 valence electrons. The number of hydrogen-bond donors (Lipinski definition) is 2. The summed E-state index contributed by atoms with van der Waals surface area (Å²) in [5.74, 6) is -3.36. The van der Waals surface area contributed by atoms with Gasteiger partial charge in [0.05, 0.1) is 4.88 Å². The van der Waals surface area contributed by atoms with Crippen LogP contribution in [0, 0.1) is 5.82 Å². The average molecular weight is 490 g/mol. The fourth-order valence-electron chi connectivity index (χ4n) is 3.58. The van der Waals surface area contributed by atoms with Crippen molar-refractivity contribution < 1.29 is 40.4 Å². The van der Waals surface area contributed by atoms with E-state index in [1.165, 1.54) is 31.2 Å². The van der Waals surface area contributed by atoms with Crippen LogP contribution in [0.4, 0.5) is 17.6 Å². The Morgan fingerprint density at radius 2 is 1.97 bits per heavy atom. The highest BCUT2D eigenvalue weighted by Gasteiger charge is 2.72. The second-order valence-corrected chi connectivity index (χ2v) is 10.5. The van der Waals surface area contributed by atoms with Crippen LogP contribution in [0.1, 0.15) is 24.7 Å². The van der Waals surface area contributed by atoms with Gasteiger partial charge in [-0.1, -0.05) is 24.2 Å². The fourth-order valence-corrected chi connectivity index (χ4v) is 6.29. The molecule has 1 fully saturated rings. The smallest absolute Gasteiger partial charge is 0.452 e. The molecule has 0 amide bonds. The Labute approximate surface area is 182 Å². The number of carboxylic acid groups (broad SMARTS) is 1. The molecule has 0 saturated heterocycles. The highest BCUT2D eigenvalue weighted by Crippen LogP contribution is 2.58. The zero-order valence-corrected chi connectivity index (χ0v) is 17.7. The third kappa shape index (κ3) is 3.59. The van der Waals surface area contributed by atoms with Gasteiger partial charge in [-0.25, -0.2) is 12.8 Å². The van der Waals surface area contributed by atoms with Crippen molar-refractivity contribution in [1.29, 1.82) is 0 Å². The molecule has 1 aromatic carbocycles. The van der Waals surface area contributed by atoms with Crippen molar-refractivity contribution in [1.82, 2.24) is 9.88 Å². The number of aromatic nitrogens is 1. The number of nitrogens with one attached hydrogen (secondary N) is 1. The first-order valence-corrected chi connectivity index (χ1v) is 11.3. The number of thiophene rings is 1. The van der Waals surface area contributed by atoms with E-state index >= 15 is 0 Å². The number of benzene rings is 1. The van der Waals surface area contributed by atoms with E-state index in [4.69, 9.17) is 0 Å². The Hall–Kier alpha value is -2.77. The summed E-state index contributed by atoms with van der Waals surface area (Å²) >= 11 is 0.602. The number of rotatable bonds is 6. The highest BCUT2D eigenvalue weighted by atomic mass is 32.2. The van der Waals surface area contributed by atoms with Crippen LogP contribution in [0.25, 0.3) is 10.6 Å².